The topological polar surface area (TPSA) is 95.6 Å². The van der Waals surface area contributed by atoms with Gasteiger partial charge in [0.25, 0.3) is 15.9 Å². The number of para-hydroxylation sites is 1. The summed E-state index contributed by atoms with van der Waals surface area (Å²) in [5.74, 6) is -1.64. The summed E-state index contributed by atoms with van der Waals surface area (Å²) in [5.41, 5.74) is 0.555. The molecule has 0 spiro atoms. The summed E-state index contributed by atoms with van der Waals surface area (Å²) in [6.45, 7) is 3.19. The molecule has 0 aromatic heterocycles. The molecule has 170 valence electrons. The third-order valence-corrected chi connectivity index (χ3v) is 6.37. The molecule has 33 heavy (non-hydrogen) atoms. The molecule has 3 aromatic carbocycles. The number of nitrogens with zero attached hydrogens (tertiary/aromatic N) is 1. The second-order valence-corrected chi connectivity index (χ2v) is 8.76. The molecule has 2 amide bonds. The first-order chi connectivity index (χ1) is 15.8. The zero-order chi connectivity index (χ0) is 23.8. The van der Waals surface area contributed by atoms with E-state index in [9.17, 15) is 22.4 Å². The molecule has 3 rings (SSSR count). The second-order valence-electron chi connectivity index (χ2n) is 6.89. The summed E-state index contributed by atoms with van der Waals surface area (Å²) in [5, 5.41) is 5.23. The number of carbonyl (C=O) groups is 2. The van der Waals surface area contributed by atoms with Gasteiger partial charge in [-0.2, -0.15) is 0 Å². The van der Waals surface area contributed by atoms with Gasteiger partial charge < -0.3 is 10.6 Å². The lowest BCUT2D eigenvalue weighted by Crippen LogP contribution is -2.38. The maximum Gasteiger partial charge on any atom is 0.264 e. The summed E-state index contributed by atoms with van der Waals surface area (Å²) >= 11 is 0. The van der Waals surface area contributed by atoms with Crippen LogP contribution in [0.3, 0.4) is 0 Å². The van der Waals surface area contributed by atoms with Crippen molar-refractivity contribution in [2.24, 2.45) is 0 Å². The quantitative estimate of drug-likeness (QED) is 0.470. The molecule has 0 heterocycles. The second kappa shape index (κ2) is 10.6. The number of anilines is 2. The largest absolute Gasteiger partial charge is 0.349 e. The summed E-state index contributed by atoms with van der Waals surface area (Å²) in [6.07, 6.45) is 1.52. The predicted molar refractivity (Wildman–Crippen MR) is 125 cm³/mol. The van der Waals surface area contributed by atoms with E-state index in [0.29, 0.717) is 0 Å². The molecule has 0 aliphatic carbocycles. The van der Waals surface area contributed by atoms with Crippen molar-refractivity contribution in [2.75, 3.05) is 22.7 Å². The van der Waals surface area contributed by atoms with Gasteiger partial charge in [0.1, 0.15) is 12.4 Å². The molecule has 0 atom stereocenters. The van der Waals surface area contributed by atoms with E-state index in [1.54, 1.807) is 30.3 Å². The SMILES string of the molecule is C=CCNC(=O)c1ccccc1NC(=O)CN(c1ccc(F)cc1)S(=O)(=O)c1ccccc1. The van der Waals surface area contributed by atoms with Crippen molar-refractivity contribution in [1.82, 2.24) is 5.32 Å². The average molecular weight is 468 g/mol. The molecule has 0 fully saturated rings. The zero-order valence-electron chi connectivity index (χ0n) is 17.6. The number of rotatable bonds is 9. The van der Waals surface area contributed by atoms with Gasteiger partial charge in [0, 0.05) is 6.54 Å². The van der Waals surface area contributed by atoms with Gasteiger partial charge in [-0.3, -0.25) is 13.9 Å². The highest BCUT2D eigenvalue weighted by molar-refractivity contribution is 7.92. The van der Waals surface area contributed by atoms with E-state index in [1.165, 1.54) is 42.5 Å². The minimum atomic E-state index is -4.13. The lowest BCUT2D eigenvalue weighted by molar-refractivity contribution is -0.114. The Hall–Kier alpha value is -3.98. The number of nitrogens with one attached hydrogen (secondary N) is 2. The van der Waals surface area contributed by atoms with E-state index in [4.69, 9.17) is 0 Å². The molecular weight excluding hydrogens is 445 g/mol. The van der Waals surface area contributed by atoms with Crippen LogP contribution in [0, 0.1) is 5.82 Å². The zero-order valence-corrected chi connectivity index (χ0v) is 18.4. The Labute approximate surface area is 191 Å². The Morgan fingerprint density at radius 3 is 2.24 bits per heavy atom. The summed E-state index contributed by atoms with van der Waals surface area (Å²) in [4.78, 5) is 25.2. The first-order valence-corrected chi connectivity index (χ1v) is 11.4. The first-order valence-electron chi connectivity index (χ1n) is 9.94. The minimum absolute atomic E-state index is 0.0219. The van der Waals surface area contributed by atoms with Gasteiger partial charge in [-0.15, -0.1) is 6.58 Å². The van der Waals surface area contributed by atoms with Crippen LogP contribution in [0.1, 0.15) is 10.4 Å². The van der Waals surface area contributed by atoms with Gasteiger partial charge in [0.15, 0.2) is 0 Å². The number of amides is 2. The van der Waals surface area contributed by atoms with Crippen LogP contribution in [-0.2, 0) is 14.8 Å². The third kappa shape index (κ3) is 5.83. The molecule has 2 N–H and O–H groups in total. The fraction of sp³-hybridized carbons (Fsp3) is 0.0833. The molecule has 0 aliphatic rings. The van der Waals surface area contributed by atoms with E-state index in [0.717, 1.165) is 16.4 Å². The van der Waals surface area contributed by atoms with E-state index < -0.39 is 34.2 Å². The number of benzene rings is 3. The molecule has 0 radical (unpaired) electrons. The van der Waals surface area contributed by atoms with Gasteiger partial charge in [0.05, 0.1) is 21.8 Å². The number of carbonyl (C=O) groups excluding carboxylic acids is 2. The minimum Gasteiger partial charge on any atom is -0.349 e. The monoisotopic (exact) mass is 467 g/mol. The van der Waals surface area contributed by atoms with E-state index in [2.05, 4.69) is 17.2 Å². The van der Waals surface area contributed by atoms with Crippen molar-refractivity contribution in [3.8, 4) is 0 Å². The van der Waals surface area contributed by atoms with Crippen LogP contribution in [0.25, 0.3) is 0 Å². The Morgan fingerprint density at radius 1 is 0.939 bits per heavy atom. The van der Waals surface area contributed by atoms with Gasteiger partial charge >= 0.3 is 0 Å². The van der Waals surface area contributed by atoms with Crippen LogP contribution in [0.5, 0.6) is 0 Å². The number of hydrogen-bond acceptors (Lipinski definition) is 4. The molecule has 9 heteroatoms. The number of hydrogen-bond donors (Lipinski definition) is 2. The molecule has 3 aromatic rings. The van der Waals surface area contributed by atoms with E-state index in [1.807, 2.05) is 0 Å². The Morgan fingerprint density at radius 2 is 1.58 bits per heavy atom. The van der Waals surface area contributed by atoms with Crippen LogP contribution in [0.2, 0.25) is 0 Å². The van der Waals surface area contributed by atoms with Crippen molar-refractivity contribution in [2.45, 2.75) is 4.90 Å². The van der Waals surface area contributed by atoms with Crippen LogP contribution < -0.4 is 14.9 Å². The molecule has 0 aliphatic heterocycles. The summed E-state index contributed by atoms with van der Waals surface area (Å²) in [7, 11) is -4.13. The number of sulfonamides is 1. The highest BCUT2D eigenvalue weighted by Crippen LogP contribution is 2.24. The third-order valence-electron chi connectivity index (χ3n) is 4.59. The van der Waals surface area contributed by atoms with Gasteiger partial charge in [-0.05, 0) is 48.5 Å². The van der Waals surface area contributed by atoms with Crippen LogP contribution >= 0.6 is 0 Å². The summed E-state index contributed by atoms with van der Waals surface area (Å²) in [6, 6.07) is 18.7. The van der Waals surface area contributed by atoms with Gasteiger partial charge in [-0.1, -0.05) is 36.4 Å². The van der Waals surface area contributed by atoms with Crippen LogP contribution in [0.4, 0.5) is 15.8 Å². The Balaban J connectivity index is 1.90. The van der Waals surface area contributed by atoms with Crippen molar-refractivity contribution < 1.29 is 22.4 Å². The normalized spacial score (nSPS) is 10.8. The smallest absolute Gasteiger partial charge is 0.264 e. The fourth-order valence-corrected chi connectivity index (χ4v) is 4.45. The Kier molecular flexibility index (Phi) is 7.57. The molecular formula is C24H22FN3O4S. The lowest BCUT2D eigenvalue weighted by atomic mass is 10.1. The van der Waals surface area contributed by atoms with Crippen LogP contribution in [-0.4, -0.2) is 33.3 Å². The molecule has 7 nitrogen and oxygen atoms in total. The van der Waals surface area contributed by atoms with E-state index >= 15 is 0 Å². The first kappa shape index (κ1) is 23.7. The van der Waals surface area contributed by atoms with E-state index in [-0.39, 0.29) is 28.4 Å². The predicted octanol–water partition coefficient (Wildman–Crippen LogP) is 3.58. The molecule has 0 saturated heterocycles. The van der Waals surface area contributed by atoms with Gasteiger partial charge in [-0.25, -0.2) is 12.8 Å². The van der Waals surface area contributed by atoms with Crippen LogP contribution in [0.15, 0.2) is 96.4 Å². The summed E-state index contributed by atoms with van der Waals surface area (Å²) < 4.78 is 40.9. The standard InChI is InChI=1S/C24H22FN3O4S/c1-2-16-26-24(30)21-10-6-7-11-22(21)27-23(29)17-28(19-14-12-18(25)13-15-19)33(31,32)20-8-4-3-5-9-20/h2-15H,1,16-17H2,(H,26,30)(H,27,29). The Bertz CT molecular complexity index is 1250. The molecule has 0 unspecified atom stereocenters. The highest BCUT2D eigenvalue weighted by atomic mass is 32.2. The van der Waals surface area contributed by atoms with Gasteiger partial charge in [0.2, 0.25) is 5.91 Å². The fourth-order valence-electron chi connectivity index (χ4n) is 3.01. The lowest BCUT2D eigenvalue weighted by Gasteiger charge is -2.24. The molecule has 0 saturated carbocycles. The van der Waals surface area contributed by atoms with Crippen molar-refractivity contribution in [3.05, 3.63) is 103 Å². The maximum absolute atomic E-state index is 13.4. The van der Waals surface area contributed by atoms with Crippen molar-refractivity contribution in [1.29, 1.82) is 0 Å². The molecule has 0 bridgehead atoms. The van der Waals surface area contributed by atoms with Crippen molar-refractivity contribution >= 4 is 33.2 Å². The number of halogens is 1. The van der Waals surface area contributed by atoms with Crippen molar-refractivity contribution in [3.63, 3.8) is 0 Å². The highest BCUT2D eigenvalue weighted by Gasteiger charge is 2.27. The average Bonchev–Trinajstić information content (AvgIpc) is 2.82. The maximum atomic E-state index is 13.4.